The van der Waals surface area contributed by atoms with Crippen molar-refractivity contribution in [1.82, 2.24) is 47.4 Å². The van der Waals surface area contributed by atoms with E-state index >= 15 is 24.0 Å². The fourth-order valence-corrected chi connectivity index (χ4v) is 13.3. The number of fused-ring (bicyclic) bond motifs is 14. The van der Waals surface area contributed by atoms with Gasteiger partial charge >= 0.3 is 0 Å². The zero-order valence-electron chi connectivity index (χ0n) is 56.4. The van der Waals surface area contributed by atoms with Crippen LogP contribution in [0.2, 0.25) is 10.0 Å². The van der Waals surface area contributed by atoms with E-state index in [2.05, 4.69) is 49.5 Å². The number of aliphatic hydroxyl groups excluding tert-OH is 1. The lowest BCUT2D eigenvalue weighted by molar-refractivity contribution is -0.137. The molecule has 1 unspecified atom stereocenters. The maximum absolute atomic E-state index is 16.1. The van der Waals surface area contributed by atoms with Crippen molar-refractivity contribution >= 4 is 64.6 Å². The number of halogens is 2. The number of phenolic OH excluding ortho intramolecular Hbond substituents is 6. The second kappa shape index (κ2) is 32.2. The summed E-state index contributed by atoms with van der Waals surface area (Å²) in [5.74, 6) is -13.2. The van der Waals surface area contributed by atoms with E-state index < -0.39 is 136 Å². The molecule has 0 aliphatic carbocycles. The number of carbonyl (C=O) groups excluding carboxylic acids is 7. The molecule has 17 N–H and O–H groups in total. The molecular formula is C74H80Cl2N10O17. The van der Waals surface area contributed by atoms with Gasteiger partial charge in [-0.05, 0) is 158 Å². The third kappa shape index (κ3) is 16.8. The number of aliphatic hydroxyl groups is 1. The summed E-state index contributed by atoms with van der Waals surface area (Å²) in [6, 6.07) is 8.82. The first-order valence-corrected chi connectivity index (χ1v) is 34.5. The number of hydrogen-bond donors (Lipinski definition) is 16. The van der Waals surface area contributed by atoms with Crippen LogP contribution in [0.15, 0.2) is 109 Å². The number of nitrogens with zero attached hydrogens (tertiary/aromatic N) is 1. The molecular weight excluding hydrogens is 1370 g/mol. The van der Waals surface area contributed by atoms with Gasteiger partial charge in [0.1, 0.15) is 88.6 Å². The Morgan fingerprint density at radius 2 is 1.15 bits per heavy atom. The van der Waals surface area contributed by atoms with Crippen LogP contribution in [0.1, 0.15) is 146 Å². The molecule has 0 saturated heterocycles. The van der Waals surface area contributed by atoms with Crippen molar-refractivity contribution in [2.75, 3.05) is 33.7 Å². The van der Waals surface area contributed by atoms with Gasteiger partial charge < -0.3 is 103 Å². The van der Waals surface area contributed by atoms with Gasteiger partial charge in [0.15, 0.2) is 23.0 Å². The lowest BCUT2D eigenvalue weighted by atomic mass is 9.87. The third-order valence-corrected chi connectivity index (χ3v) is 18.9. The summed E-state index contributed by atoms with van der Waals surface area (Å²) < 4.78 is 18.7. The summed E-state index contributed by atoms with van der Waals surface area (Å²) in [4.78, 5) is 109. The normalized spacial score (nSPS) is 20.3. The van der Waals surface area contributed by atoms with Gasteiger partial charge in [0.2, 0.25) is 47.1 Å². The Balaban J connectivity index is 1.09. The highest BCUT2D eigenvalue weighted by atomic mass is 35.5. The van der Waals surface area contributed by atoms with E-state index in [4.69, 9.17) is 43.1 Å². The highest BCUT2D eigenvalue weighted by Gasteiger charge is 2.42. The average molecular weight is 1450 g/mol. The highest BCUT2D eigenvalue weighted by Crippen LogP contribution is 2.49. The summed E-state index contributed by atoms with van der Waals surface area (Å²) in [6.07, 6.45) is 6.28. The quantitative estimate of drug-likeness (QED) is 0.0405. The van der Waals surface area contributed by atoms with Gasteiger partial charge in [-0.2, -0.15) is 0 Å². The van der Waals surface area contributed by atoms with E-state index in [0.717, 1.165) is 81.3 Å². The Morgan fingerprint density at radius 3 is 1.83 bits per heavy atom. The first-order chi connectivity index (χ1) is 49.3. The van der Waals surface area contributed by atoms with E-state index in [-0.39, 0.29) is 103 Å². The standard InChI is InChI=1S/C74H80Cl2N10O17/c1-4-5-6-7-8-9-10-11-21-78-35-46-52(90)34-45-58(66(46)92)44-28-38(15-17-50(44)88)60-71(97)85-64(74(100)84-63(45)70(96)79-22-12-23-86(2)3)65(91)39-16-20-54(48(76)29-39)103-57-32-41-31-56(67(57)93)102-53-19-13-36(24-47(53)75)25-49-68(94)81-61(72(98)83-62(41)73(99)82-60)40-26-42(87)33-43(27-40)101-55-30-37(14-18-51(55)89)59(77)69(95)80-49/h13-20,24,26-34,49,59-65,78,87-93H,4-12,21-23,25,35,77H2,1-3H3,(H,79,96)(H,80,95)(H,81,94)(H,82,99)(H,83,98)(H,84,100)(H,85,97)/t49-,59+,60-,61-,62-,63-,64-,65?/m0/s1. The van der Waals surface area contributed by atoms with Gasteiger partial charge in [-0.1, -0.05) is 99.3 Å². The van der Waals surface area contributed by atoms with Crippen LogP contribution in [0.4, 0.5) is 0 Å². The van der Waals surface area contributed by atoms with Crippen LogP contribution in [-0.4, -0.2) is 128 Å². The highest BCUT2D eigenvalue weighted by molar-refractivity contribution is 6.32. The van der Waals surface area contributed by atoms with Crippen molar-refractivity contribution < 1.29 is 83.5 Å². The Labute approximate surface area is 602 Å². The number of rotatable bonds is 16. The monoisotopic (exact) mass is 1450 g/mol. The predicted octanol–water partition coefficient (Wildman–Crippen LogP) is 8.20. The fourth-order valence-electron chi connectivity index (χ4n) is 12.8. The molecule has 0 aromatic heterocycles. The van der Waals surface area contributed by atoms with Gasteiger partial charge in [-0.25, -0.2) is 0 Å². The number of nitrogens with one attached hydrogen (secondary N) is 8. The summed E-state index contributed by atoms with van der Waals surface area (Å²) >= 11 is 13.9. The van der Waals surface area contributed by atoms with Crippen molar-refractivity contribution in [1.29, 1.82) is 0 Å². The summed E-state index contributed by atoms with van der Waals surface area (Å²) in [6.45, 7) is 3.04. The summed E-state index contributed by atoms with van der Waals surface area (Å²) in [5, 5.41) is 106. The summed E-state index contributed by atoms with van der Waals surface area (Å²) in [7, 11) is 3.66. The molecule has 103 heavy (non-hydrogen) atoms. The molecule has 6 aliphatic heterocycles. The van der Waals surface area contributed by atoms with Crippen molar-refractivity contribution in [3.05, 3.63) is 164 Å². The minimum atomic E-state index is -2.17. The Kier molecular flexibility index (Phi) is 23.0. The largest absolute Gasteiger partial charge is 0.508 e. The van der Waals surface area contributed by atoms with Crippen molar-refractivity contribution in [3.8, 4) is 80.1 Å². The molecule has 17 bridgehead atoms. The molecule has 0 fully saturated rings. The minimum Gasteiger partial charge on any atom is -0.508 e. The third-order valence-electron chi connectivity index (χ3n) is 18.3. The van der Waals surface area contributed by atoms with E-state index in [9.17, 15) is 45.3 Å². The molecule has 27 nitrogen and oxygen atoms in total. The number of carbonyl (C=O) groups is 7. The molecule has 8 atom stereocenters. The number of unbranched alkanes of at least 4 members (excludes halogenated alkanes) is 7. The average Bonchev–Trinajstić information content (AvgIpc) is 0.757. The van der Waals surface area contributed by atoms with Crippen LogP contribution in [0.25, 0.3) is 11.1 Å². The number of aromatic hydroxyl groups is 6. The Morgan fingerprint density at radius 1 is 0.544 bits per heavy atom. The number of amides is 7. The van der Waals surface area contributed by atoms with Crippen molar-refractivity contribution in [3.63, 3.8) is 0 Å². The van der Waals surface area contributed by atoms with Crippen LogP contribution in [-0.2, 0) is 46.5 Å². The van der Waals surface area contributed by atoms with E-state index in [1.54, 1.807) is 0 Å². The smallest absolute Gasteiger partial charge is 0.248 e. The number of ether oxygens (including phenoxy) is 3. The number of nitrogens with two attached hydrogens (primary N) is 1. The lowest BCUT2D eigenvalue weighted by Gasteiger charge is -2.32. The topological polar surface area (TPSA) is 414 Å². The SMILES string of the molecule is CCCCCCCCCCNCc1c(O)cc2c(c1O)-c1cc(ccc1O)[C@@H]1NC(=O)[C@H]3NC(=O)[C@H]4NC(=O)[C@H](Cc5ccc(c(Cl)c5)Oc5cc3cc(c5O)Oc3ccc(cc3Cl)C(O)[C@H](NC1=O)C(=O)N[C@@H]2C(=O)NCCCN(C)C)NC(=O)[C@H](N)c1ccc(O)c(c1)Oc1cc(O)cc4c1. The molecule has 29 heteroatoms. The Bertz CT molecular complexity index is 4440. The van der Waals surface area contributed by atoms with E-state index in [0.29, 0.717) is 25.1 Å². The van der Waals surface area contributed by atoms with Crippen LogP contribution >= 0.6 is 23.2 Å². The van der Waals surface area contributed by atoms with E-state index in [1.807, 2.05) is 19.0 Å². The van der Waals surface area contributed by atoms with Crippen LogP contribution in [0.5, 0.6) is 69.0 Å². The second-order valence-corrected chi connectivity index (χ2v) is 26.9. The van der Waals surface area contributed by atoms with Crippen molar-refractivity contribution in [2.24, 2.45) is 5.73 Å². The molecule has 7 aromatic carbocycles. The van der Waals surface area contributed by atoms with E-state index in [1.165, 1.54) is 79.2 Å². The first-order valence-electron chi connectivity index (χ1n) is 33.8. The summed E-state index contributed by atoms with van der Waals surface area (Å²) in [5.41, 5.74) is 5.09. The molecule has 0 spiro atoms. The Hall–Kier alpha value is -10.6. The van der Waals surface area contributed by atoms with Gasteiger partial charge in [-0.15, -0.1) is 0 Å². The number of benzene rings is 7. The fraction of sp³-hybridized carbons (Fsp3) is 0.338. The van der Waals surface area contributed by atoms with Gasteiger partial charge in [0.25, 0.3) is 0 Å². The van der Waals surface area contributed by atoms with Crippen molar-refractivity contribution in [2.45, 2.75) is 126 Å². The molecule has 6 aliphatic rings. The second-order valence-electron chi connectivity index (χ2n) is 26.1. The molecule has 0 saturated carbocycles. The van der Waals surface area contributed by atoms with Gasteiger partial charge in [0, 0.05) is 36.7 Å². The van der Waals surface area contributed by atoms with Gasteiger partial charge in [0.05, 0.1) is 15.6 Å². The molecule has 542 valence electrons. The van der Waals surface area contributed by atoms with Gasteiger partial charge in [-0.3, -0.25) is 33.6 Å². The van der Waals surface area contributed by atoms with Crippen LogP contribution in [0, 0.1) is 0 Å². The predicted molar refractivity (Wildman–Crippen MR) is 378 cm³/mol. The zero-order chi connectivity index (χ0) is 73.5. The molecule has 7 aromatic rings. The zero-order valence-corrected chi connectivity index (χ0v) is 57.9. The molecule has 0 radical (unpaired) electrons. The lowest BCUT2D eigenvalue weighted by Crippen LogP contribution is -2.56. The molecule has 13 rings (SSSR count). The first kappa shape index (κ1) is 73.7. The molecule has 6 heterocycles. The maximum atomic E-state index is 16.1. The number of phenols is 6. The minimum absolute atomic E-state index is 0.0484. The van der Waals surface area contributed by atoms with Crippen LogP contribution < -0.4 is 62.5 Å². The number of hydrogen-bond acceptors (Lipinski definition) is 20. The molecule has 7 amide bonds. The van der Waals surface area contributed by atoms with Crippen LogP contribution in [0.3, 0.4) is 0 Å². The maximum Gasteiger partial charge on any atom is 0.248 e.